The topological polar surface area (TPSA) is 3.24 Å². The molecule has 14 aromatic carbocycles. The lowest BCUT2D eigenvalue weighted by molar-refractivity contribution is 0.768. The summed E-state index contributed by atoms with van der Waals surface area (Å²) < 4.78 is 0. The van der Waals surface area contributed by atoms with Crippen molar-refractivity contribution in [2.75, 3.05) is 4.90 Å². The third-order valence-electron chi connectivity index (χ3n) is 16.7. The molecule has 0 aliphatic heterocycles. The van der Waals surface area contributed by atoms with Gasteiger partial charge in [0.1, 0.15) is 0 Å². The summed E-state index contributed by atoms with van der Waals surface area (Å²) in [5.41, 5.74) is 22.3. The van der Waals surface area contributed by atoms with Crippen LogP contribution in [0.1, 0.15) is 22.3 Å². The summed E-state index contributed by atoms with van der Waals surface area (Å²) >= 11 is 0. The van der Waals surface area contributed by atoms with Gasteiger partial charge in [-0.2, -0.15) is 0 Å². The van der Waals surface area contributed by atoms with Gasteiger partial charge in [0.15, 0.2) is 0 Å². The van der Waals surface area contributed by atoms with Crippen molar-refractivity contribution in [3.63, 3.8) is 0 Å². The summed E-state index contributed by atoms with van der Waals surface area (Å²) in [7, 11) is 0. The van der Waals surface area contributed by atoms with Crippen molar-refractivity contribution < 1.29 is 0 Å². The molecule has 1 nitrogen and oxygen atoms in total. The van der Waals surface area contributed by atoms with E-state index in [1.54, 1.807) is 0 Å². The van der Waals surface area contributed by atoms with Gasteiger partial charge in [-0.05, 0) is 164 Å². The van der Waals surface area contributed by atoms with Crippen molar-refractivity contribution in [2.45, 2.75) is 5.41 Å². The molecule has 0 saturated heterocycles. The van der Waals surface area contributed by atoms with Crippen LogP contribution in [0, 0.1) is 0 Å². The van der Waals surface area contributed by atoms with E-state index in [1.165, 1.54) is 105 Å². The molecule has 0 spiro atoms. The van der Waals surface area contributed by atoms with Gasteiger partial charge in [0.25, 0.3) is 0 Å². The molecule has 1 aliphatic carbocycles. The Labute approximate surface area is 467 Å². The van der Waals surface area contributed by atoms with Crippen LogP contribution in [-0.4, -0.2) is 0 Å². The molecule has 1 aliphatic rings. The molecule has 0 amide bonds. The number of benzene rings is 14. The van der Waals surface area contributed by atoms with E-state index in [0.29, 0.717) is 0 Å². The Kier molecular flexibility index (Phi) is 11.5. The van der Waals surface area contributed by atoms with Gasteiger partial charge >= 0.3 is 0 Å². The molecule has 0 radical (unpaired) electrons. The van der Waals surface area contributed by atoms with Gasteiger partial charge in [-0.1, -0.05) is 279 Å². The zero-order valence-electron chi connectivity index (χ0n) is 44.0. The average molecular weight is 1020 g/mol. The highest BCUT2D eigenvalue weighted by Crippen LogP contribution is 2.57. The van der Waals surface area contributed by atoms with E-state index in [9.17, 15) is 0 Å². The molecule has 0 fully saturated rings. The van der Waals surface area contributed by atoms with Gasteiger partial charge < -0.3 is 4.90 Å². The van der Waals surface area contributed by atoms with Gasteiger partial charge in [-0.25, -0.2) is 0 Å². The number of anilines is 3. The summed E-state index contributed by atoms with van der Waals surface area (Å²) in [6, 6.07) is 119. The molecule has 374 valence electrons. The van der Waals surface area contributed by atoms with Crippen LogP contribution in [0.15, 0.2) is 322 Å². The van der Waals surface area contributed by atoms with Crippen molar-refractivity contribution in [3.8, 4) is 66.8 Å². The van der Waals surface area contributed by atoms with Crippen molar-refractivity contribution in [2.24, 2.45) is 0 Å². The Bertz CT molecular complexity index is 4560. The Morgan fingerprint density at radius 3 is 1.36 bits per heavy atom. The Morgan fingerprint density at radius 2 is 0.662 bits per heavy atom. The summed E-state index contributed by atoms with van der Waals surface area (Å²) in [6.45, 7) is 0. The van der Waals surface area contributed by atoms with Gasteiger partial charge in [-0.15, -0.1) is 0 Å². The van der Waals surface area contributed by atoms with Gasteiger partial charge in [0.05, 0.1) is 5.41 Å². The van der Waals surface area contributed by atoms with E-state index in [-0.39, 0.29) is 0 Å². The van der Waals surface area contributed by atoms with Crippen molar-refractivity contribution in [1.29, 1.82) is 0 Å². The van der Waals surface area contributed by atoms with Crippen LogP contribution in [0.25, 0.3) is 99.1 Å². The Morgan fingerprint density at radius 1 is 0.212 bits per heavy atom. The number of nitrogens with zero attached hydrogens (tertiary/aromatic N) is 1. The molecule has 0 heterocycles. The van der Waals surface area contributed by atoms with Gasteiger partial charge in [0.2, 0.25) is 0 Å². The number of hydrogen-bond donors (Lipinski definition) is 0. The van der Waals surface area contributed by atoms with E-state index in [0.717, 1.165) is 33.8 Å². The van der Waals surface area contributed by atoms with Crippen molar-refractivity contribution >= 4 is 49.4 Å². The lowest BCUT2D eigenvalue weighted by Gasteiger charge is -2.34. The van der Waals surface area contributed by atoms with Gasteiger partial charge in [0, 0.05) is 17.1 Å². The third-order valence-corrected chi connectivity index (χ3v) is 16.7. The number of rotatable bonds is 10. The van der Waals surface area contributed by atoms with Crippen LogP contribution in [0.3, 0.4) is 0 Å². The number of hydrogen-bond acceptors (Lipinski definition) is 1. The van der Waals surface area contributed by atoms with Crippen LogP contribution in [0.2, 0.25) is 0 Å². The molecule has 80 heavy (non-hydrogen) atoms. The predicted molar refractivity (Wildman–Crippen MR) is 338 cm³/mol. The second-order valence-corrected chi connectivity index (χ2v) is 21.1. The Hall–Kier alpha value is -10.3. The first kappa shape index (κ1) is 46.9. The lowest BCUT2D eigenvalue weighted by atomic mass is 9.68. The highest BCUT2D eigenvalue weighted by molar-refractivity contribution is 6.22. The quantitative estimate of drug-likeness (QED) is 0.123. The second-order valence-electron chi connectivity index (χ2n) is 21.1. The average Bonchev–Trinajstić information content (AvgIpc) is 3.98. The predicted octanol–water partition coefficient (Wildman–Crippen LogP) is 21.3. The molecule has 0 bridgehead atoms. The molecule has 0 atom stereocenters. The SMILES string of the molecule is c1ccc(-c2c(-c3ccccc3)c3cc(-c4cccc(N(c5ccc(-c6ccc(-c7cccc8ccccc78)cc6)cc5)c5ccc6c(c5)-c5ccccc5C6(c5ccccc5)c5ccccc5)c4)ccc3c3ccccc23)cc1. The van der Waals surface area contributed by atoms with E-state index < -0.39 is 5.41 Å². The first-order chi connectivity index (χ1) is 39.7. The highest BCUT2D eigenvalue weighted by Gasteiger charge is 2.46. The van der Waals surface area contributed by atoms with E-state index in [1.807, 2.05) is 0 Å². The summed E-state index contributed by atoms with van der Waals surface area (Å²) in [6.07, 6.45) is 0. The minimum Gasteiger partial charge on any atom is -0.310 e. The fraction of sp³-hybridized carbons (Fsp3) is 0.0127. The fourth-order valence-corrected chi connectivity index (χ4v) is 13.2. The maximum Gasteiger partial charge on any atom is 0.0713 e. The largest absolute Gasteiger partial charge is 0.310 e. The summed E-state index contributed by atoms with van der Waals surface area (Å²) in [4.78, 5) is 2.45. The highest BCUT2D eigenvalue weighted by atomic mass is 15.1. The van der Waals surface area contributed by atoms with E-state index in [4.69, 9.17) is 0 Å². The number of fused-ring (bicyclic) bond motifs is 7. The van der Waals surface area contributed by atoms with Crippen molar-refractivity contribution in [1.82, 2.24) is 0 Å². The first-order valence-electron chi connectivity index (χ1n) is 27.7. The smallest absolute Gasteiger partial charge is 0.0713 e. The molecule has 0 N–H and O–H groups in total. The molecule has 1 heteroatoms. The molecule has 0 saturated carbocycles. The third kappa shape index (κ3) is 7.77. The van der Waals surface area contributed by atoms with Gasteiger partial charge in [-0.3, -0.25) is 0 Å². The molecular formula is C79H53N. The normalized spacial score (nSPS) is 12.3. The fourth-order valence-electron chi connectivity index (χ4n) is 13.2. The van der Waals surface area contributed by atoms with Crippen LogP contribution in [0.5, 0.6) is 0 Å². The minimum absolute atomic E-state index is 0.497. The van der Waals surface area contributed by atoms with Crippen molar-refractivity contribution in [3.05, 3.63) is 344 Å². The monoisotopic (exact) mass is 1020 g/mol. The standard InChI is InChI=1S/C79H53N/c1-5-22-58(23-6-1)77-72-36-16-15-34-69(72)70-49-45-61(52-74(70)78(77)59-24-7-2-8-25-59)60-27-19-32-65(51-60)80(64-46-43-55(44-47-64)54-39-41-57(42-40-54)68-37-20-26-56-21-13-14-33-67(56)68)66-48-50-76-73(53-66)71-35-17-18-38-75(71)79(76,62-28-9-3-10-29-62)63-30-11-4-12-31-63/h1-53H. The minimum atomic E-state index is -0.497. The lowest BCUT2D eigenvalue weighted by Crippen LogP contribution is -2.28. The second kappa shape index (κ2) is 19.6. The molecule has 0 unspecified atom stereocenters. The van der Waals surface area contributed by atoms with E-state index >= 15 is 0 Å². The molecule has 0 aromatic heterocycles. The van der Waals surface area contributed by atoms with Crippen LogP contribution in [-0.2, 0) is 5.41 Å². The van der Waals surface area contributed by atoms with Crippen LogP contribution >= 0.6 is 0 Å². The maximum absolute atomic E-state index is 2.45. The Balaban J connectivity index is 0.896. The first-order valence-corrected chi connectivity index (χ1v) is 27.7. The maximum atomic E-state index is 2.45. The molecule has 14 aromatic rings. The molecular weight excluding hydrogens is 963 g/mol. The summed E-state index contributed by atoms with van der Waals surface area (Å²) in [5.74, 6) is 0. The zero-order valence-corrected chi connectivity index (χ0v) is 44.0. The summed E-state index contributed by atoms with van der Waals surface area (Å²) in [5, 5.41) is 7.48. The zero-order chi connectivity index (χ0) is 53.0. The van der Waals surface area contributed by atoms with Crippen LogP contribution < -0.4 is 4.90 Å². The van der Waals surface area contributed by atoms with E-state index in [2.05, 4.69) is 326 Å². The molecule has 15 rings (SSSR count). The van der Waals surface area contributed by atoms with Crippen LogP contribution in [0.4, 0.5) is 17.1 Å².